The number of aliphatic carboxylic acids is 1. The highest BCUT2D eigenvalue weighted by Gasteiger charge is 2.20. The summed E-state index contributed by atoms with van der Waals surface area (Å²) < 4.78 is 16.1. The number of benzene rings is 2. The zero-order valence-corrected chi connectivity index (χ0v) is 15.4. The Morgan fingerprint density at radius 3 is 2.41 bits per heavy atom. The first-order valence-electron chi connectivity index (χ1n) is 8.40. The molecule has 2 aromatic carbocycles. The minimum Gasteiger partial charge on any atom is -0.493 e. The van der Waals surface area contributed by atoms with Gasteiger partial charge in [0.15, 0.2) is 11.5 Å². The fraction of sp³-hybridized carbons (Fsp3) is 0.300. The van der Waals surface area contributed by atoms with E-state index in [2.05, 4.69) is 0 Å². The Bertz CT molecular complexity index is 762. The van der Waals surface area contributed by atoms with Crippen molar-refractivity contribution in [3.05, 3.63) is 59.7 Å². The van der Waals surface area contributed by atoms with E-state index in [1.807, 2.05) is 30.3 Å². The lowest BCUT2D eigenvalue weighted by molar-refractivity contribution is -0.137. The average molecular weight is 373 g/mol. The monoisotopic (exact) mass is 373 g/mol. The lowest BCUT2D eigenvalue weighted by Gasteiger charge is -2.21. The second-order valence-electron chi connectivity index (χ2n) is 5.75. The molecule has 0 aliphatic carbocycles. The molecule has 0 aliphatic heterocycles. The number of ether oxygens (including phenoxy) is 3. The fourth-order valence-corrected chi connectivity index (χ4v) is 2.45. The third-order valence-electron chi connectivity index (χ3n) is 3.83. The van der Waals surface area contributed by atoms with Crippen molar-refractivity contribution < 1.29 is 28.9 Å². The first-order chi connectivity index (χ1) is 13.0. The molecule has 0 saturated heterocycles. The molecular weight excluding hydrogens is 350 g/mol. The summed E-state index contributed by atoms with van der Waals surface area (Å²) in [4.78, 5) is 24.9. The van der Waals surface area contributed by atoms with Crippen LogP contribution in [0.25, 0.3) is 0 Å². The highest BCUT2D eigenvalue weighted by molar-refractivity contribution is 5.96. The first-order valence-corrected chi connectivity index (χ1v) is 8.40. The Labute approximate surface area is 158 Å². The molecule has 0 bridgehead atoms. The SMILES string of the molecule is COCCN(CC(=O)O)C(=O)c1ccc(OCc2ccccc2)c(OC)c1. The molecule has 0 heterocycles. The van der Waals surface area contributed by atoms with E-state index >= 15 is 0 Å². The highest BCUT2D eigenvalue weighted by atomic mass is 16.5. The molecule has 7 heteroatoms. The van der Waals surface area contributed by atoms with E-state index in [4.69, 9.17) is 19.3 Å². The molecule has 0 aliphatic rings. The molecule has 7 nitrogen and oxygen atoms in total. The summed E-state index contributed by atoms with van der Waals surface area (Å²) in [6.45, 7) is 0.380. The van der Waals surface area contributed by atoms with E-state index in [1.165, 1.54) is 19.1 Å². The summed E-state index contributed by atoms with van der Waals surface area (Å²) in [7, 11) is 2.98. The molecule has 0 aromatic heterocycles. The summed E-state index contributed by atoms with van der Waals surface area (Å²) in [5.41, 5.74) is 1.32. The van der Waals surface area contributed by atoms with Crippen LogP contribution >= 0.6 is 0 Å². The Kier molecular flexibility index (Phi) is 7.63. The molecule has 0 atom stereocenters. The van der Waals surface area contributed by atoms with Crippen LogP contribution in [0.4, 0.5) is 0 Å². The Morgan fingerprint density at radius 2 is 1.78 bits per heavy atom. The van der Waals surface area contributed by atoms with E-state index in [9.17, 15) is 9.59 Å². The lowest BCUT2D eigenvalue weighted by atomic mass is 10.1. The maximum atomic E-state index is 12.7. The third-order valence-corrected chi connectivity index (χ3v) is 3.83. The van der Waals surface area contributed by atoms with Crippen LogP contribution in [0.15, 0.2) is 48.5 Å². The van der Waals surface area contributed by atoms with Gasteiger partial charge in [0.2, 0.25) is 0 Å². The second kappa shape index (κ2) is 10.2. The predicted octanol–water partition coefficient (Wildman–Crippen LogP) is 2.45. The topological polar surface area (TPSA) is 85.3 Å². The summed E-state index contributed by atoms with van der Waals surface area (Å²) >= 11 is 0. The molecular formula is C20H23NO6. The molecule has 2 rings (SSSR count). The van der Waals surface area contributed by atoms with E-state index < -0.39 is 18.4 Å². The van der Waals surface area contributed by atoms with Crippen molar-refractivity contribution in [2.24, 2.45) is 0 Å². The highest BCUT2D eigenvalue weighted by Crippen LogP contribution is 2.29. The van der Waals surface area contributed by atoms with Gasteiger partial charge in [0, 0.05) is 19.2 Å². The molecule has 2 aromatic rings. The van der Waals surface area contributed by atoms with Crippen molar-refractivity contribution in [1.29, 1.82) is 0 Å². The number of rotatable bonds is 10. The summed E-state index contributed by atoms with van der Waals surface area (Å²) in [5.74, 6) is -0.602. The van der Waals surface area contributed by atoms with Gasteiger partial charge in [-0.2, -0.15) is 0 Å². The zero-order chi connectivity index (χ0) is 19.6. The second-order valence-corrected chi connectivity index (χ2v) is 5.75. The Morgan fingerprint density at radius 1 is 1.04 bits per heavy atom. The molecule has 0 saturated carbocycles. The number of nitrogens with zero attached hydrogens (tertiary/aromatic N) is 1. The molecule has 0 spiro atoms. The summed E-state index contributed by atoms with van der Waals surface area (Å²) in [5, 5.41) is 9.02. The van der Waals surface area contributed by atoms with Crippen LogP contribution in [-0.2, 0) is 16.1 Å². The van der Waals surface area contributed by atoms with Gasteiger partial charge in [0.1, 0.15) is 13.2 Å². The van der Waals surface area contributed by atoms with Gasteiger partial charge in [-0.05, 0) is 23.8 Å². The van der Waals surface area contributed by atoms with E-state index in [1.54, 1.807) is 18.2 Å². The molecule has 1 amide bonds. The third kappa shape index (κ3) is 6.00. The van der Waals surface area contributed by atoms with Gasteiger partial charge in [0.25, 0.3) is 5.91 Å². The maximum Gasteiger partial charge on any atom is 0.323 e. The number of carboxylic acids is 1. The zero-order valence-electron chi connectivity index (χ0n) is 15.4. The summed E-state index contributed by atoms with van der Waals surface area (Å²) in [6.07, 6.45) is 0. The predicted molar refractivity (Wildman–Crippen MR) is 99.2 cm³/mol. The van der Waals surface area contributed by atoms with Crippen LogP contribution in [0, 0.1) is 0 Å². The standard InChI is InChI=1S/C20H23NO6/c1-25-11-10-21(13-19(22)23)20(24)16-8-9-17(18(12-16)26-2)27-14-15-6-4-3-5-7-15/h3-9,12H,10-11,13-14H2,1-2H3,(H,22,23). The van der Waals surface area contributed by atoms with Gasteiger partial charge in [-0.3, -0.25) is 9.59 Å². The van der Waals surface area contributed by atoms with Crippen molar-refractivity contribution >= 4 is 11.9 Å². The van der Waals surface area contributed by atoms with Crippen molar-refractivity contribution in [3.63, 3.8) is 0 Å². The van der Waals surface area contributed by atoms with Gasteiger partial charge >= 0.3 is 5.97 Å². The Balaban J connectivity index is 2.14. The smallest absolute Gasteiger partial charge is 0.323 e. The van der Waals surface area contributed by atoms with Gasteiger partial charge in [-0.1, -0.05) is 30.3 Å². The number of carbonyl (C=O) groups is 2. The van der Waals surface area contributed by atoms with Crippen LogP contribution in [0.5, 0.6) is 11.5 Å². The number of carboxylic acid groups (broad SMARTS) is 1. The number of hydrogen-bond acceptors (Lipinski definition) is 5. The van der Waals surface area contributed by atoms with Gasteiger partial charge in [-0.25, -0.2) is 0 Å². The normalized spacial score (nSPS) is 10.3. The minimum atomic E-state index is -1.09. The molecule has 144 valence electrons. The Hall–Kier alpha value is -3.06. The van der Waals surface area contributed by atoms with E-state index in [0.29, 0.717) is 23.7 Å². The minimum absolute atomic E-state index is 0.177. The van der Waals surface area contributed by atoms with Crippen molar-refractivity contribution in [1.82, 2.24) is 4.90 Å². The van der Waals surface area contributed by atoms with Gasteiger partial charge in [0.05, 0.1) is 13.7 Å². The van der Waals surface area contributed by atoms with Crippen molar-refractivity contribution in [2.45, 2.75) is 6.61 Å². The van der Waals surface area contributed by atoms with Crippen LogP contribution < -0.4 is 9.47 Å². The van der Waals surface area contributed by atoms with Crippen LogP contribution in [0.2, 0.25) is 0 Å². The van der Waals surface area contributed by atoms with E-state index in [0.717, 1.165) is 5.56 Å². The van der Waals surface area contributed by atoms with E-state index in [-0.39, 0.29) is 13.2 Å². The molecule has 0 radical (unpaired) electrons. The number of hydrogen-bond donors (Lipinski definition) is 1. The van der Waals surface area contributed by atoms with Gasteiger partial charge < -0.3 is 24.2 Å². The molecule has 1 N–H and O–H groups in total. The quantitative estimate of drug-likeness (QED) is 0.689. The van der Waals surface area contributed by atoms with Crippen molar-refractivity contribution in [3.8, 4) is 11.5 Å². The van der Waals surface area contributed by atoms with Crippen molar-refractivity contribution in [2.75, 3.05) is 33.9 Å². The molecule has 27 heavy (non-hydrogen) atoms. The molecule has 0 unspecified atom stereocenters. The number of carbonyl (C=O) groups excluding carboxylic acids is 1. The molecule has 0 fully saturated rings. The fourth-order valence-electron chi connectivity index (χ4n) is 2.45. The number of methoxy groups -OCH3 is 2. The largest absolute Gasteiger partial charge is 0.493 e. The summed E-state index contributed by atoms with van der Waals surface area (Å²) in [6, 6.07) is 14.5. The maximum absolute atomic E-state index is 12.7. The average Bonchev–Trinajstić information content (AvgIpc) is 2.69. The van der Waals surface area contributed by atoms with Crippen LogP contribution in [-0.4, -0.2) is 55.8 Å². The first kappa shape index (κ1) is 20.3. The lowest BCUT2D eigenvalue weighted by Crippen LogP contribution is -2.38. The van der Waals surface area contributed by atoms with Crippen LogP contribution in [0.3, 0.4) is 0 Å². The van der Waals surface area contributed by atoms with Gasteiger partial charge in [-0.15, -0.1) is 0 Å². The number of amides is 1. The van der Waals surface area contributed by atoms with Crippen LogP contribution in [0.1, 0.15) is 15.9 Å².